The molecule has 0 radical (unpaired) electrons. The molecule has 4 heteroatoms. The highest BCUT2D eigenvalue weighted by Gasteiger charge is 2.45. The molecule has 1 aliphatic rings. The summed E-state index contributed by atoms with van der Waals surface area (Å²) in [6.45, 7) is 5.00. The highest BCUT2D eigenvalue weighted by Crippen LogP contribution is 2.34. The van der Waals surface area contributed by atoms with Crippen LogP contribution in [-0.2, 0) is 9.59 Å². The van der Waals surface area contributed by atoms with Crippen LogP contribution in [0.2, 0.25) is 0 Å². The molecular formula is C14H15NO3. The molecule has 0 aliphatic carbocycles. The molecule has 0 aromatic heterocycles. The lowest BCUT2D eigenvalue weighted by Crippen LogP contribution is -2.32. The standard InChI is InChI=1S/C14H15NO3/c1-9(16)10-4-6-11(7-5-10)15-12(17)8-14(2,3)13(15)18/h4-7H,8H2,1-3H3. The number of amides is 2. The van der Waals surface area contributed by atoms with E-state index in [1.165, 1.54) is 11.8 Å². The number of Topliss-reactive ketones (excluding diaryl/α,β-unsaturated/α-hetero) is 1. The number of hydrogen-bond donors (Lipinski definition) is 0. The number of rotatable bonds is 2. The lowest BCUT2D eigenvalue weighted by Gasteiger charge is -2.17. The molecule has 1 aromatic carbocycles. The third-order valence-corrected chi connectivity index (χ3v) is 3.16. The van der Waals surface area contributed by atoms with Crippen LogP contribution >= 0.6 is 0 Å². The van der Waals surface area contributed by atoms with Gasteiger partial charge < -0.3 is 0 Å². The minimum Gasteiger partial charge on any atom is -0.295 e. The van der Waals surface area contributed by atoms with Gasteiger partial charge in [-0.3, -0.25) is 19.3 Å². The van der Waals surface area contributed by atoms with Crippen molar-refractivity contribution in [2.45, 2.75) is 27.2 Å². The molecule has 1 fully saturated rings. The van der Waals surface area contributed by atoms with E-state index < -0.39 is 5.41 Å². The van der Waals surface area contributed by atoms with Crippen molar-refractivity contribution in [3.8, 4) is 0 Å². The van der Waals surface area contributed by atoms with Crippen molar-refractivity contribution >= 4 is 23.3 Å². The molecule has 0 N–H and O–H groups in total. The molecule has 0 atom stereocenters. The molecular weight excluding hydrogens is 230 g/mol. The Morgan fingerprint density at radius 1 is 1.17 bits per heavy atom. The van der Waals surface area contributed by atoms with E-state index in [0.29, 0.717) is 11.3 Å². The van der Waals surface area contributed by atoms with Crippen LogP contribution in [0.1, 0.15) is 37.6 Å². The van der Waals surface area contributed by atoms with Gasteiger partial charge >= 0.3 is 0 Å². The Morgan fingerprint density at radius 2 is 1.72 bits per heavy atom. The summed E-state index contributed by atoms with van der Waals surface area (Å²) in [4.78, 5) is 36.3. The largest absolute Gasteiger partial charge is 0.295 e. The van der Waals surface area contributed by atoms with Crippen molar-refractivity contribution in [1.82, 2.24) is 0 Å². The van der Waals surface area contributed by atoms with Crippen LogP contribution < -0.4 is 4.90 Å². The van der Waals surface area contributed by atoms with E-state index in [1.807, 2.05) is 0 Å². The topological polar surface area (TPSA) is 54.5 Å². The number of ketones is 1. The zero-order chi connectivity index (χ0) is 13.5. The zero-order valence-corrected chi connectivity index (χ0v) is 10.7. The second-order valence-corrected chi connectivity index (χ2v) is 5.20. The maximum Gasteiger partial charge on any atom is 0.239 e. The number of anilines is 1. The summed E-state index contributed by atoms with van der Waals surface area (Å²) in [6, 6.07) is 6.52. The van der Waals surface area contributed by atoms with E-state index in [0.717, 1.165) is 0 Å². The molecule has 1 aliphatic heterocycles. The molecule has 0 saturated carbocycles. The Hall–Kier alpha value is -1.97. The summed E-state index contributed by atoms with van der Waals surface area (Å²) in [5.41, 5.74) is 0.453. The number of benzene rings is 1. The van der Waals surface area contributed by atoms with Gasteiger partial charge in [-0.1, -0.05) is 13.8 Å². The van der Waals surface area contributed by atoms with Crippen molar-refractivity contribution in [2.75, 3.05) is 4.90 Å². The molecule has 94 valence electrons. The molecule has 2 amide bonds. The van der Waals surface area contributed by atoms with Crippen molar-refractivity contribution in [3.05, 3.63) is 29.8 Å². The van der Waals surface area contributed by atoms with Gasteiger partial charge in [0, 0.05) is 12.0 Å². The van der Waals surface area contributed by atoms with Gasteiger partial charge in [0.1, 0.15) is 0 Å². The van der Waals surface area contributed by atoms with Crippen LogP contribution in [-0.4, -0.2) is 17.6 Å². The van der Waals surface area contributed by atoms with Crippen LogP contribution in [0.15, 0.2) is 24.3 Å². The lowest BCUT2D eigenvalue weighted by atomic mass is 9.92. The Balaban J connectivity index is 2.35. The molecule has 1 aromatic rings. The Bertz CT molecular complexity index is 528. The van der Waals surface area contributed by atoms with Crippen LogP contribution in [0.5, 0.6) is 0 Å². The van der Waals surface area contributed by atoms with Gasteiger partial charge in [0.25, 0.3) is 0 Å². The SMILES string of the molecule is CC(=O)c1ccc(N2C(=O)CC(C)(C)C2=O)cc1. The summed E-state index contributed by atoms with van der Waals surface area (Å²) < 4.78 is 0. The Labute approximate surface area is 106 Å². The van der Waals surface area contributed by atoms with Crippen molar-refractivity contribution in [2.24, 2.45) is 5.41 Å². The van der Waals surface area contributed by atoms with Crippen LogP contribution in [0.4, 0.5) is 5.69 Å². The number of nitrogens with zero attached hydrogens (tertiary/aromatic N) is 1. The van der Waals surface area contributed by atoms with Crippen LogP contribution in [0.25, 0.3) is 0 Å². The normalized spacial score (nSPS) is 18.3. The fraction of sp³-hybridized carbons (Fsp3) is 0.357. The monoisotopic (exact) mass is 245 g/mol. The molecule has 0 spiro atoms. The first-order valence-corrected chi connectivity index (χ1v) is 5.81. The lowest BCUT2D eigenvalue weighted by molar-refractivity contribution is -0.124. The second kappa shape index (κ2) is 4.05. The predicted octanol–water partition coefficient (Wildman–Crippen LogP) is 2.18. The Kier molecular flexibility index (Phi) is 2.81. The third kappa shape index (κ3) is 1.94. The quantitative estimate of drug-likeness (QED) is 0.592. The fourth-order valence-electron chi connectivity index (χ4n) is 2.06. The molecule has 18 heavy (non-hydrogen) atoms. The first-order chi connectivity index (χ1) is 8.33. The molecule has 2 rings (SSSR count). The second-order valence-electron chi connectivity index (χ2n) is 5.20. The maximum absolute atomic E-state index is 12.1. The third-order valence-electron chi connectivity index (χ3n) is 3.16. The van der Waals surface area contributed by atoms with E-state index in [1.54, 1.807) is 38.1 Å². The minimum atomic E-state index is -0.643. The van der Waals surface area contributed by atoms with Gasteiger partial charge in [-0.15, -0.1) is 0 Å². The van der Waals surface area contributed by atoms with Gasteiger partial charge in [0.05, 0.1) is 11.1 Å². The Morgan fingerprint density at radius 3 is 2.11 bits per heavy atom. The van der Waals surface area contributed by atoms with Crippen molar-refractivity contribution in [1.29, 1.82) is 0 Å². The smallest absolute Gasteiger partial charge is 0.239 e. The minimum absolute atomic E-state index is 0.0408. The van der Waals surface area contributed by atoms with Gasteiger partial charge in [-0.05, 0) is 31.2 Å². The molecule has 4 nitrogen and oxygen atoms in total. The molecule has 1 heterocycles. The highest BCUT2D eigenvalue weighted by atomic mass is 16.2. The number of imide groups is 1. The first-order valence-electron chi connectivity index (χ1n) is 5.81. The summed E-state index contributed by atoms with van der Waals surface area (Å²) >= 11 is 0. The van der Waals surface area contributed by atoms with E-state index >= 15 is 0 Å². The van der Waals surface area contributed by atoms with E-state index in [2.05, 4.69) is 0 Å². The van der Waals surface area contributed by atoms with Gasteiger partial charge in [-0.2, -0.15) is 0 Å². The summed E-state index contributed by atoms with van der Waals surface area (Å²) in [5, 5.41) is 0. The van der Waals surface area contributed by atoms with E-state index in [4.69, 9.17) is 0 Å². The molecule has 0 bridgehead atoms. The summed E-state index contributed by atoms with van der Waals surface area (Å²) in [7, 11) is 0. The van der Waals surface area contributed by atoms with E-state index in [-0.39, 0.29) is 24.0 Å². The van der Waals surface area contributed by atoms with Gasteiger partial charge in [0.2, 0.25) is 11.8 Å². The average Bonchev–Trinajstić information content (AvgIpc) is 2.48. The van der Waals surface area contributed by atoms with Crippen LogP contribution in [0.3, 0.4) is 0 Å². The van der Waals surface area contributed by atoms with Crippen molar-refractivity contribution < 1.29 is 14.4 Å². The summed E-state index contributed by atoms with van der Waals surface area (Å²) in [6.07, 6.45) is 0.223. The fourth-order valence-corrected chi connectivity index (χ4v) is 2.06. The molecule has 1 saturated heterocycles. The van der Waals surface area contributed by atoms with Crippen molar-refractivity contribution in [3.63, 3.8) is 0 Å². The zero-order valence-electron chi connectivity index (χ0n) is 10.7. The number of carbonyl (C=O) groups is 3. The van der Waals surface area contributed by atoms with Crippen LogP contribution in [0, 0.1) is 5.41 Å². The van der Waals surface area contributed by atoms with Gasteiger partial charge in [0.15, 0.2) is 5.78 Å². The number of hydrogen-bond acceptors (Lipinski definition) is 3. The average molecular weight is 245 g/mol. The summed E-state index contributed by atoms with van der Waals surface area (Å²) in [5.74, 6) is -0.426. The highest BCUT2D eigenvalue weighted by molar-refractivity contribution is 6.22. The first kappa shape index (κ1) is 12.5. The van der Waals surface area contributed by atoms with Gasteiger partial charge in [-0.25, -0.2) is 0 Å². The maximum atomic E-state index is 12.1. The predicted molar refractivity (Wildman–Crippen MR) is 67.3 cm³/mol. The molecule has 0 unspecified atom stereocenters. The number of carbonyl (C=O) groups excluding carboxylic acids is 3. The van der Waals surface area contributed by atoms with E-state index in [9.17, 15) is 14.4 Å².